The molecule has 2 rings (SSSR count). The number of hydrogen-bond donors (Lipinski definition) is 3. The van der Waals surface area contributed by atoms with E-state index in [1.807, 2.05) is 6.07 Å². The van der Waals surface area contributed by atoms with Gasteiger partial charge in [0, 0.05) is 5.92 Å². The second kappa shape index (κ2) is 5.84. The topological polar surface area (TPSA) is 95.9 Å². The van der Waals surface area contributed by atoms with E-state index in [0.717, 1.165) is 18.4 Å². The van der Waals surface area contributed by atoms with Gasteiger partial charge in [-0.3, -0.25) is 9.32 Å². The highest BCUT2D eigenvalue weighted by Gasteiger charge is 2.31. The molecule has 0 saturated heterocycles. The fraction of sp³-hybridized carbons (Fsp3) is 0.417. The Morgan fingerprint density at radius 1 is 1.37 bits per heavy atom. The van der Waals surface area contributed by atoms with E-state index in [4.69, 9.17) is 9.79 Å². The molecule has 1 aromatic rings. The minimum absolute atomic E-state index is 0.0290. The second-order valence-electron chi connectivity index (χ2n) is 4.53. The van der Waals surface area contributed by atoms with Gasteiger partial charge in [0.2, 0.25) is 5.91 Å². The minimum atomic E-state index is -4.54. The molecule has 0 bridgehead atoms. The van der Waals surface area contributed by atoms with Crippen LogP contribution in [-0.2, 0) is 13.9 Å². The van der Waals surface area contributed by atoms with Crippen LogP contribution >= 0.6 is 7.82 Å². The number of amides is 1. The molecule has 1 saturated carbocycles. The maximum Gasteiger partial charge on any atom is 0.469 e. The third kappa shape index (κ3) is 4.76. The van der Waals surface area contributed by atoms with Crippen molar-refractivity contribution in [2.24, 2.45) is 5.92 Å². The Hall–Kier alpha value is -1.20. The summed E-state index contributed by atoms with van der Waals surface area (Å²) in [7, 11) is -4.54. The monoisotopic (exact) mass is 285 g/mol. The van der Waals surface area contributed by atoms with E-state index >= 15 is 0 Å². The first-order valence-electron chi connectivity index (χ1n) is 6.01. The lowest BCUT2D eigenvalue weighted by Gasteiger charge is -2.19. The summed E-state index contributed by atoms with van der Waals surface area (Å²) in [6.45, 7) is -0.257. The van der Waals surface area contributed by atoms with Gasteiger partial charge in [-0.25, -0.2) is 4.57 Å². The van der Waals surface area contributed by atoms with Crippen molar-refractivity contribution < 1.29 is 23.7 Å². The smallest absolute Gasteiger partial charge is 0.347 e. The van der Waals surface area contributed by atoms with Crippen molar-refractivity contribution in [3.8, 4) is 0 Å². The number of carbonyl (C=O) groups excluding carboxylic acids is 1. The minimum Gasteiger partial charge on any atom is -0.347 e. The van der Waals surface area contributed by atoms with Crippen molar-refractivity contribution in [2.75, 3.05) is 6.61 Å². The zero-order chi connectivity index (χ0) is 13.9. The number of phosphoric ester groups is 1. The molecule has 0 heterocycles. The number of rotatable bonds is 6. The summed E-state index contributed by atoms with van der Waals surface area (Å²) >= 11 is 0. The molecule has 0 aromatic heterocycles. The van der Waals surface area contributed by atoms with E-state index in [1.165, 1.54) is 0 Å². The van der Waals surface area contributed by atoms with Crippen LogP contribution in [0, 0.1) is 5.92 Å². The first kappa shape index (κ1) is 14.2. The normalized spacial score (nSPS) is 16.9. The van der Waals surface area contributed by atoms with Gasteiger partial charge in [-0.15, -0.1) is 0 Å². The fourth-order valence-electron chi connectivity index (χ4n) is 1.71. The van der Waals surface area contributed by atoms with Crippen LogP contribution in [0.1, 0.15) is 24.4 Å². The van der Waals surface area contributed by atoms with Crippen molar-refractivity contribution in [2.45, 2.75) is 18.9 Å². The van der Waals surface area contributed by atoms with E-state index in [9.17, 15) is 9.36 Å². The van der Waals surface area contributed by atoms with Crippen LogP contribution in [0.4, 0.5) is 0 Å². The van der Waals surface area contributed by atoms with Crippen LogP contribution in [0.15, 0.2) is 30.3 Å². The van der Waals surface area contributed by atoms with Gasteiger partial charge in [0.1, 0.15) is 0 Å². The van der Waals surface area contributed by atoms with Gasteiger partial charge in [-0.05, 0) is 18.4 Å². The van der Waals surface area contributed by atoms with E-state index in [-0.39, 0.29) is 18.4 Å². The van der Waals surface area contributed by atoms with Crippen molar-refractivity contribution in [3.63, 3.8) is 0 Å². The number of hydrogen-bond acceptors (Lipinski definition) is 3. The molecule has 7 heteroatoms. The molecule has 1 aromatic carbocycles. The van der Waals surface area contributed by atoms with E-state index in [1.54, 1.807) is 24.3 Å². The number of carbonyl (C=O) groups is 1. The summed E-state index contributed by atoms with van der Waals surface area (Å²) in [5, 5.41) is 2.76. The highest BCUT2D eigenvalue weighted by molar-refractivity contribution is 7.46. The molecule has 0 aliphatic heterocycles. The molecule has 3 N–H and O–H groups in total. The number of phosphoric acid groups is 1. The third-order valence-corrected chi connectivity index (χ3v) is 3.36. The average molecular weight is 285 g/mol. The van der Waals surface area contributed by atoms with Crippen molar-refractivity contribution >= 4 is 13.7 Å². The SMILES string of the molecule is O=C(N[C@@H](COP(=O)(O)O)c1ccccc1)C1CC1. The third-order valence-electron chi connectivity index (χ3n) is 2.88. The largest absolute Gasteiger partial charge is 0.469 e. The summed E-state index contributed by atoms with van der Waals surface area (Å²) < 4.78 is 15.3. The molecule has 1 aliphatic carbocycles. The second-order valence-corrected chi connectivity index (χ2v) is 5.77. The Labute approximate surface area is 111 Å². The first-order chi connectivity index (χ1) is 8.96. The highest BCUT2D eigenvalue weighted by atomic mass is 31.2. The van der Waals surface area contributed by atoms with Crippen molar-refractivity contribution in [3.05, 3.63) is 35.9 Å². The van der Waals surface area contributed by atoms with Crippen LogP contribution in [0.5, 0.6) is 0 Å². The fourth-order valence-corrected chi connectivity index (χ4v) is 2.06. The molecule has 0 radical (unpaired) electrons. The summed E-state index contributed by atoms with van der Waals surface area (Å²) in [4.78, 5) is 29.2. The van der Waals surface area contributed by atoms with E-state index in [0.29, 0.717) is 0 Å². The zero-order valence-corrected chi connectivity index (χ0v) is 11.1. The molecule has 19 heavy (non-hydrogen) atoms. The molecule has 1 atom stereocenters. The quantitative estimate of drug-likeness (QED) is 0.686. The zero-order valence-electron chi connectivity index (χ0n) is 10.2. The van der Waals surface area contributed by atoms with Gasteiger partial charge in [-0.2, -0.15) is 0 Å². The molecule has 104 valence electrons. The lowest BCUT2D eigenvalue weighted by molar-refractivity contribution is -0.123. The molecule has 1 amide bonds. The predicted molar refractivity (Wildman–Crippen MR) is 68.0 cm³/mol. The lowest BCUT2D eigenvalue weighted by Crippen LogP contribution is -2.32. The Morgan fingerprint density at radius 3 is 2.53 bits per heavy atom. The Balaban J connectivity index is 2.04. The summed E-state index contributed by atoms with van der Waals surface area (Å²) in [6.07, 6.45) is 1.74. The summed E-state index contributed by atoms with van der Waals surface area (Å²) in [6, 6.07) is 8.42. The summed E-state index contributed by atoms with van der Waals surface area (Å²) in [5.41, 5.74) is 0.755. The van der Waals surface area contributed by atoms with Crippen molar-refractivity contribution in [1.29, 1.82) is 0 Å². The lowest BCUT2D eigenvalue weighted by atomic mass is 10.1. The van der Waals surface area contributed by atoms with Crippen LogP contribution < -0.4 is 5.32 Å². The Bertz CT molecular complexity index is 482. The van der Waals surface area contributed by atoms with Gasteiger partial charge >= 0.3 is 7.82 Å². The van der Waals surface area contributed by atoms with Gasteiger partial charge in [0.05, 0.1) is 12.6 Å². The standard InChI is InChI=1S/C12H16NO5P/c14-12(10-6-7-10)13-11(8-18-19(15,16)17)9-4-2-1-3-5-9/h1-5,10-11H,6-8H2,(H,13,14)(H2,15,16,17)/t11-/m0/s1. The molecule has 6 nitrogen and oxygen atoms in total. The summed E-state index contributed by atoms with van der Waals surface area (Å²) in [5.74, 6) is -0.0653. The van der Waals surface area contributed by atoms with Crippen LogP contribution in [0.3, 0.4) is 0 Å². The molecule has 0 unspecified atom stereocenters. The van der Waals surface area contributed by atoms with E-state index in [2.05, 4.69) is 9.84 Å². The highest BCUT2D eigenvalue weighted by Crippen LogP contribution is 2.37. The Kier molecular flexibility index (Phi) is 4.37. The van der Waals surface area contributed by atoms with Gasteiger partial charge < -0.3 is 15.1 Å². The molecular weight excluding hydrogens is 269 g/mol. The van der Waals surface area contributed by atoms with Crippen LogP contribution in [-0.4, -0.2) is 22.3 Å². The van der Waals surface area contributed by atoms with Gasteiger partial charge in [0.25, 0.3) is 0 Å². The molecular formula is C12H16NO5P. The predicted octanol–water partition coefficient (Wildman–Crippen LogP) is 1.36. The van der Waals surface area contributed by atoms with E-state index < -0.39 is 13.9 Å². The molecule has 1 fully saturated rings. The molecule has 1 aliphatic rings. The van der Waals surface area contributed by atoms with Crippen molar-refractivity contribution in [1.82, 2.24) is 5.32 Å². The number of nitrogens with one attached hydrogen (secondary N) is 1. The van der Waals surface area contributed by atoms with Gasteiger partial charge in [0.15, 0.2) is 0 Å². The average Bonchev–Trinajstić information content (AvgIpc) is 3.18. The number of benzene rings is 1. The maximum atomic E-state index is 11.8. The van der Waals surface area contributed by atoms with Gasteiger partial charge in [-0.1, -0.05) is 30.3 Å². The maximum absolute atomic E-state index is 11.8. The van der Waals surface area contributed by atoms with Crippen LogP contribution in [0.25, 0.3) is 0 Å². The molecule has 0 spiro atoms. The first-order valence-corrected chi connectivity index (χ1v) is 7.54. The van der Waals surface area contributed by atoms with Crippen LogP contribution in [0.2, 0.25) is 0 Å². The Morgan fingerprint density at radius 2 is 2.00 bits per heavy atom.